The molecule has 1 aromatic rings. The molecule has 3 N–H and O–H groups in total. The SMILES string of the molecule is NC(=S)CCCNC(=O)c1ccccc1Br. The fourth-order valence-corrected chi connectivity index (χ4v) is 1.81. The van der Waals surface area contributed by atoms with Gasteiger partial charge in [-0.1, -0.05) is 24.4 Å². The largest absolute Gasteiger partial charge is 0.393 e. The fourth-order valence-electron chi connectivity index (χ4n) is 1.21. The lowest BCUT2D eigenvalue weighted by Crippen LogP contribution is -2.25. The molecule has 86 valence electrons. The molecule has 5 heteroatoms. The molecule has 0 fully saturated rings. The Kier molecular flexibility index (Phi) is 5.42. The highest BCUT2D eigenvalue weighted by Crippen LogP contribution is 2.15. The van der Waals surface area contributed by atoms with E-state index in [2.05, 4.69) is 21.2 Å². The highest BCUT2D eigenvalue weighted by atomic mass is 79.9. The molecule has 0 aliphatic rings. The fraction of sp³-hybridized carbons (Fsp3) is 0.273. The maximum Gasteiger partial charge on any atom is 0.252 e. The van der Waals surface area contributed by atoms with E-state index in [0.29, 0.717) is 23.5 Å². The molecule has 0 aliphatic heterocycles. The van der Waals surface area contributed by atoms with Crippen molar-refractivity contribution in [1.82, 2.24) is 5.32 Å². The third-order valence-electron chi connectivity index (χ3n) is 2.00. The van der Waals surface area contributed by atoms with E-state index >= 15 is 0 Å². The van der Waals surface area contributed by atoms with Crippen molar-refractivity contribution in [2.24, 2.45) is 5.73 Å². The summed E-state index contributed by atoms with van der Waals surface area (Å²) < 4.78 is 0.793. The van der Waals surface area contributed by atoms with Gasteiger partial charge in [0.15, 0.2) is 0 Å². The summed E-state index contributed by atoms with van der Waals surface area (Å²) in [7, 11) is 0. The maximum atomic E-state index is 11.7. The molecule has 0 unspecified atom stereocenters. The summed E-state index contributed by atoms with van der Waals surface area (Å²) in [5, 5.41) is 2.81. The quantitative estimate of drug-likeness (QED) is 0.648. The summed E-state index contributed by atoms with van der Waals surface area (Å²) in [5.74, 6) is -0.0876. The third kappa shape index (κ3) is 4.28. The summed E-state index contributed by atoms with van der Waals surface area (Å²) in [5.41, 5.74) is 5.99. The number of halogens is 1. The molecule has 0 aromatic heterocycles. The van der Waals surface area contributed by atoms with Gasteiger partial charge < -0.3 is 11.1 Å². The molecule has 0 heterocycles. The van der Waals surface area contributed by atoms with Gasteiger partial charge in [-0.05, 0) is 40.9 Å². The van der Waals surface area contributed by atoms with Gasteiger partial charge in [-0.3, -0.25) is 4.79 Å². The van der Waals surface area contributed by atoms with E-state index in [1.54, 1.807) is 6.07 Å². The molecule has 0 radical (unpaired) electrons. The van der Waals surface area contributed by atoms with Crippen molar-refractivity contribution in [2.45, 2.75) is 12.8 Å². The van der Waals surface area contributed by atoms with Crippen molar-refractivity contribution < 1.29 is 4.79 Å². The molecule has 1 aromatic carbocycles. The van der Waals surface area contributed by atoms with Crippen LogP contribution < -0.4 is 11.1 Å². The van der Waals surface area contributed by atoms with Gasteiger partial charge in [0.25, 0.3) is 5.91 Å². The van der Waals surface area contributed by atoms with Crippen LogP contribution in [0, 0.1) is 0 Å². The van der Waals surface area contributed by atoms with Crippen LogP contribution in [0.1, 0.15) is 23.2 Å². The van der Waals surface area contributed by atoms with Gasteiger partial charge in [0.05, 0.1) is 10.6 Å². The van der Waals surface area contributed by atoms with Gasteiger partial charge in [0, 0.05) is 11.0 Å². The van der Waals surface area contributed by atoms with Crippen molar-refractivity contribution in [3.05, 3.63) is 34.3 Å². The van der Waals surface area contributed by atoms with Gasteiger partial charge >= 0.3 is 0 Å². The molecule has 16 heavy (non-hydrogen) atoms. The zero-order valence-electron chi connectivity index (χ0n) is 8.70. The lowest BCUT2D eigenvalue weighted by molar-refractivity contribution is 0.0952. The van der Waals surface area contributed by atoms with E-state index in [1.165, 1.54) is 0 Å². The van der Waals surface area contributed by atoms with Crippen LogP contribution in [0.25, 0.3) is 0 Å². The molecule has 0 bridgehead atoms. The van der Waals surface area contributed by atoms with Gasteiger partial charge in [-0.2, -0.15) is 0 Å². The minimum absolute atomic E-state index is 0.0876. The van der Waals surface area contributed by atoms with Crippen LogP contribution in [0.2, 0.25) is 0 Å². The Morgan fingerprint density at radius 1 is 1.44 bits per heavy atom. The monoisotopic (exact) mass is 300 g/mol. The molecule has 1 rings (SSSR count). The van der Waals surface area contributed by atoms with Crippen LogP contribution in [0.3, 0.4) is 0 Å². The molecule has 0 atom stereocenters. The van der Waals surface area contributed by atoms with Gasteiger partial charge in [0.2, 0.25) is 0 Å². The Bertz CT molecular complexity index is 395. The number of carbonyl (C=O) groups is 1. The second-order valence-electron chi connectivity index (χ2n) is 3.31. The Morgan fingerprint density at radius 2 is 2.12 bits per heavy atom. The number of hydrogen-bond donors (Lipinski definition) is 2. The molecule has 0 spiro atoms. The summed E-state index contributed by atoms with van der Waals surface area (Å²) in [6.07, 6.45) is 1.43. The molecule has 0 saturated heterocycles. The predicted octanol–water partition coefficient (Wildman–Crippen LogP) is 2.25. The van der Waals surface area contributed by atoms with Crippen LogP contribution in [-0.4, -0.2) is 17.4 Å². The van der Waals surface area contributed by atoms with Crippen molar-refractivity contribution in [3.8, 4) is 0 Å². The summed E-state index contributed by atoms with van der Waals surface area (Å²) in [4.78, 5) is 12.2. The maximum absolute atomic E-state index is 11.7. The van der Waals surface area contributed by atoms with E-state index in [-0.39, 0.29) is 5.91 Å². The first-order chi connectivity index (χ1) is 7.61. The van der Waals surface area contributed by atoms with Crippen molar-refractivity contribution >= 4 is 39.0 Å². The number of thiocarbonyl (C=S) groups is 1. The molecule has 1 amide bonds. The van der Waals surface area contributed by atoms with E-state index in [4.69, 9.17) is 18.0 Å². The first-order valence-corrected chi connectivity index (χ1v) is 6.12. The average Bonchev–Trinajstić information content (AvgIpc) is 2.24. The van der Waals surface area contributed by atoms with Gasteiger partial charge in [-0.25, -0.2) is 0 Å². The highest BCUT2D eigenvalue weighted by molar-refractivity contribution is 9.10. The van der Waals surface area contributed by atoms with E-state index in [0.717, 1.165) is 10.9 Å². The predicted molar refractivity (Wildman–Crippen MR) is 72.5 cm³/mol. The van der Waals surface area contributed by atoms with Crippen LogP contribution in [-0.2, 0) is 0 Å². The third-order valence-corrected chi connectivity index (χ3v) is 2.90. The number of benzene rings is 1. The average molecular weight is 301 g/mol. The number of amides is 1. The normalized spacial score (nSPS) is 9.81. The number of carbonyl (C=O) groups excluding carboxylic acids is 1. The number of rotatable bonds is 5. The van der Waals surface area contributed by atoms with Crippen LogP contribution in [0.15, 0.2) is 28.7 Å². The second-order valence-corrected chi connectivity index (χ2v) is 4.68. The molecule has 0 saturated carbocycles. The number of nitrogens with one attached hydrogen (secondary N) is 1. The number of nitrogens with two attached hydrogens (primary N) is 1. The zero-order chi connectivity index (χ0) is 12.0. The molecule has 0 aliphatic carbocycles. The van der Waals surface area contributed by atoms with Crippen LogP contribution in [0.5, 0.6) is 0 Å². The summed E-state index contributed by atoms with van der Waals surface area (Å²) in [6.45, 7) is 0.581. The van der Waals surface area contributed by atoms with Crippen molar-refractivity contribution in [3.63, 3.8) is 0 Å². The lowest BCUT2D eigenvalue weighted by Gasteiger charge is -2.06. The first-order valence-electron chi connectivity index (χ1n) is 4.92. The zero-order valence-corrected chi connectivity index (χ0v) is 11.1. The summed E-state index contributed by atoms with van der Waals surface area (Å²) >= 11 is 8.07. The van der Waals surface area contributed by atoms with Gasteiger partial charge in [-0.15, -0.1) is 0 Å². The standard InChI is InChI=1S/C11H13BrN2OS/c12-9-5-2-1-4-8(9)11(15)14-7-3-6-10(13)16/h1-2,4-5H,3,6-7H2,(H2,13,16)(H,14,15). The first kappa shape index (κ1) is 13.1. The van der Waals surface area contributed by atoms with E-state index < -0.39 is 0 Å². The summed E-state index contributed by atoms with van der Waals surface area (Å²) in [6, 6.07) is 7.30. The van der Waals surface area contributed by atoms with Crippen molar-refractivity contribution in [1.29, 1.82) is 0 Å². The molecular weight excluding hydrogens is 288 g/mol. The Labute approximate surface area is 109 Å². The lowest BCUT2D eigenvalue weighted by atomic mass is 10.2. The second kappa shape index (κ2) is 6.60. The minimum atomic E-state index is -0.0876. The minimum Gasteiger partial charge on any atom is -0.393 e. The smallest absolute Gasteiger partial charge is 0.252 e. The van der Waals surface area contributed by atoms with Crippen LogP contribution >= 0.6 is 28.1 Å². The van der Waals surface area contributed by atoms with Crippen LogP contribution in [0.4, 0.5) is 0 Å². The van der Waals surface area contributed by atoms with Crippen molar-refractivity contribution in [2.75, 3.05) is 6.54 Å². The number of hydrogen-bond acceptors (Lipinski definition) is 2. The Balaban J connectivity index is 2.41. The van der Waals surface area contributed by atoms with E-state index in [1.807, 2.05) is 18.2 Å². The highest BCUT2D eigenvalue weighted by Gasteiger charge is 2.07. The Morgan fingerprint density at radius 3 is 2.75 bits per heavy atom. The van der Waals surface area contributed by atoms with Gasteiger partial charge in [0.1, 0.15) is 0 Å². The molecular formula is C11H13BrN2OS. The molecule has 3 nitrogen and oxygen atoms in total. The topological polar surface area (TPSA) is 55.1 Å². The van der Waals surface area contributed by atoms with E-state index in [9.17, 15) is 4.79 Å². The Hall–Kier alpha value is -0.940.